The minimum Gasteiger partial charge on any atom is -0.496 e. The van der Waals surface area contributed by atoms with Crippen LogP contribution < -0.4 is 9.47 Å². The molecule has 1 amide bonds. The zero-order valence-corrected chi connectivity index (χ0v) is 22.2. The van der Waals surface area contributed by atoms with Gasteiger partial charge >= 0.3 is 0 Å². The normalized spacial score (nSPS) is 13.8. The van der Waals surface area contributed by atoms with Crippen LogP contribution in [0.3, 0.4) is 0 Å². The van der Waals surface area contributed by atoms with Crippen LogP contribution in [0.2, 0.25) is 0 Å². The third-order valence-electron chi connectivity index (χ3n) is 6.84. The molecule has 2 aromatic carbocycles. The van der Waals surface area contributed by atoms with Crippen molar-refractivity contribution in [3.63, 3.8) is 0 Å². The summed E-state index contributed by atoms with van der Waals surface area (Å²) in [6, 6.07) is 17.4. The molecule has 0 spiro atoms. The number of nitriles is 1. The molecule has 1 fully saturated rings. The van der Waals surface area contributed by atoms with E-state index in [1.54, 1.807) is 39.5 Å². The molecule has 38 heavy (non-hydrogen) atoms. The Kier molecular flexibility index (Phi) is 6.79. The maximum atomic E-state index is 12.4. The van der Waals surface area contributed by atoms with E-state index in [9.17, 15) is 10.1 Å². The van der Waals surface area contributed by atoms with Crippen LogP contribution in [0.25, 0.3) is 33.6 Å². The van der Waals surface area contributed by atoms with Crippen molar-refractivity contribution >= 4 is 17.0 Å². The molecule has 0 atom stereocenters. The lowest BCUT2D eigenvalue weighted by Gasteiger charge is -2.41. The fraction of sp³-hybridized carbons (Fsp3) is 0.300. The van der Waals surface area contributed by atoms with E-state index in [0.29, 0.717) is 51.1 Å². The summed E-state index contributed by atoms with van der Waals surface area (Å²) < 4.78 is 18.0. The number of hydrogen-bond acceptors (Lipinski definition) is 7. The molecule has 1 aliphatic rings. The maximum absolute atomic E-state index is 12.4. The number of benzene rings is 2. The van der Waals surface area contributed by atoms with Crippen LogP contribution in [0, 0.1) is 11.3 Å². The molecule has 0 unspecified atom stereocenters. The zero-order chi connectivity index (χ0) is 27.0. The first-order valence-corrected chi connectivity index (χ1v) is 12.5. The third kappa shape index (κ3) is 4.69. The van der Waals surface area contributed by atoms with Crippen LogP contribution in [-0.4, -0.2) is 67.1 Å². The number of carbonyl (C=O) groups is 1. The highest BCUT2D eigenvalue weighted by Crippen LogP contribution is 2.38. The first kappa shape index (κ1) is 25.3. The van der Waals surface area contributed by atoms with Crippen LogP contribution in [0.4, 0.5) is 0 Å². The van der Waals surface area contributed by atoms with Crippen molar-refractivity contribution < 1.29 is 18.7 Å². The SMILES string of the molecule is COc1cc(C(=O)N(C)C)ccc1-c1cc2nccc(-c3ccc(OC4CN(C(C)C)C4)c(C#N)c3)c2o1. The zero-order valence-electron chi connectivity index (χ0n) is 22.2. The molecule has 2 aromatic heterocycles. The Morgan fingerprint density at radius 2 is 1.89 bits per heavy atom. The predicted molar refractivity (Wildman–Crippen MR) is 145 cm³/mol. The summed E-state index contributed by atoms with van der Waals surface area (Å²) in [5, 5.41) is 9.84. The quantitative estimate of drug-likeness (QED) is 0.337. The summed E-state index contributed by atoms with van der Waals surface area (Å²) in [7, 11) is 4.98. The van der Waals surface area contributed by atoms with E-state index in [0.717, 1.165) is 24.2 Å². The second-order valence-electron chi connectivity index (χ2n) is 9.91. The lowest BCUT2D eigenvalue weighted by atomic mass is 10.0. The number of fused-ring (bicyclic) bond motifs is 1. The minimum atomic E-state index is -0.112. The number of hydrogen-bond donors (Lipinski definition) is 0. The Bertz CT molecular complexity index is 1540. The van der Waals surface area contributed by atoms with E-state index in [1.807, 2.05) is 36.4 Å². The fourth-order valence-corrected chi connectivity index (χ4v) is 4.62. The van der Waals surface area contributed by atoms with Crippen molar-refractivity contribution in [3.05, 3.63) is 65.9 Å². The van der Waals surface area contributed by atoms with Gasteiger partial charge in [0.25, 0.3) is 5.91 Å². The van der Waals surface area contributed by atoms with Gasteiger partial charge < -0.3 is 18.8 Å². The lowest BCUT2D eigenvalue weighted by molar-refractivity contribution is 0.00000927. The van der Waals surface area contributed by atoms with Gasteiger partial charge in [0.1, 0.15) is 34.9 Å². The molecule has 3 heterocycles. The predicted octanol–water partition coefficient (Wildman–Crippen LogP) is 5.22. The van der Waals surface area contributed by atoms with Crippen molar-refractivity contribution in [2.75, 3.05) is 34.3 Å². The molecule has 0 bridgehead atoms. The molecule has 0 aliphatic carbocycles. The number of amides is 1. The van der Waals surface area contributed by atoms with Gasteiger partial charge in [-0.3, -0.25) is 14.7 Å². The molecule has 8 nitrogen and oxygen atoms in total. The van der Waals surface area contributed by atoms with E-state index >= 15 is 0 Å². The lowest BCUT2D eigenvalue weighted by Crippen LogP contribution is -2.56. The highest BCUT2D eigenvalue weighted by Gasteiger charge is 2.30. The summed E-state index contributed by atoms with van der Waals surface area (Å²) in [5.41, 5.74) is 4.64. The first-order chi connectivity index (χ1) is 18.3. The number of likely N-dealkylation sites (tertiary alicyclic amines) is 1. The molecule has 0 radical (unpaired) electrons. The van der Waals surface area contributed by atoms with E-state index in [-0.39, 0.29) is 12.0 Å². The number of carbonyl (C=O) groups excluding carboxylic acids is 1. The van der Waals surface area contributed by atoms with Gasteiger partial charge in [0, 0.05) is 56.6 Å². The van der Waals surface area contributed by atoms with Gasteiger partial charge in [-0.1, -0.05) is 6.07 Å². The standard InChI is InChI=1S/C30H30N4O4/c1-18(2)34-16-22(17-34)37-26-9-7-19(12-21(26)15-31)23-10-11-32-25-14-28(38-29(23)25)24-8-6-20(13-27(24)36-5)30(35)33(3)4/h6-14,18,22H,16-17H2,1-5H3. The topological polar surface area (TPSA) is 91.8 Å². The second kappa shape index (κ2) is 10.2. The van der Waals surface area contributed by atoms with Gasteiger partial charge in [-0.05, 0) is 55.8 Å². The van der Waals surface area contributed by atoms with Crippen molar-refractivity contribution in [1.82, 2.24) is 14.8 Å². The van der Waals surface area contributed by atoms with E-state index in [4.69, 9.17) is 13.9 Å². The number of pyridine rings is 1. The number of methoxy groups -OCH3 is 1. The van der Waals surface area contributed by atoms with E-state index < -0.39 is 0 Å². The van der Waals surface area contributed by atoms with Gasteiger partial charge in [-0.15, -0.1) is 0 Å². The minimum absolute atomic E-state index is 0.0880. The van der Waals surface area contributed by atoms with Crippen molar-refractivity contribution in [2.24, 2.45) is 0 Å². The van der Waals surface area contributed by atoms with Gasteiger partial charge in [0.15, 0.2) is 5.58 Å². The summed E-state index contributed by atoms with van der Waals surface area (Å²) >= 11 is 0. The van der Waals surface area contributed by atoms with Crippen molar-refractivity contribution in [1.29, 1.82) is 5.26 Å². The van der Waals surface area contributed by atoms with Crippen LogP contribution in [0.5, 0.6) is 11.5 Å². The number of ether oxygens (including phenoxy) is 2. The number of nitrogens with zero attached hydrogens (tertiary/aromatic N) is 4. The maximum Gasteiger partial charge on any atom is 0.253 e. The highest BCUT2D eigenvalue weighted by atomic mass is 16.5. The molecular weight excluding hydrogens is 480 g/mol. The Labute approximate surface area is 222 Å². The molecule has 194 valence electrons. The van der Waals surface area contributed by atoms with Crippen LogP contribution in [0.1, 0.15) is 29.8 Å². The molecule has 1 aliphatic heterocycles. The van der Waals surface area contributed by atoms with E-state index in [2.05, 4.69) is 29.8 Å². The monoisotopic (exact) mass is 510 g/mol. The summed E-state index contributed by atoms with van der Waals surface area (Å²) in [4.78, 5) is 20.7. The Morgan fingerprint density at radius 3 is 2.58 bits per heavy atom. The molecule has 5 rings (SSSR count). The Balaban J connectivity index is 1.47. The van der Waals surface area contributed by atoms with Crippen LogP contribution >= 0.6 is 0 Å². The fourth-order valence-electron chi connectivity index (χ4n) is 4.62. The molecular formula is C30H30N4O4. The molecule has 1 saturated heterocycles. The summed E-state index contributed by atoms with van der Waals surface area (Å²) in [6.45, 7) is 6.05. The Hall–Kier alpha value is -4.35. The number of aromatic nitrogens is 1. The van der Waals surface area contributed by atoms with Gasteiger partial charge in [0.05, 0.1) is 18.2 Å². The molecule has 4 aromatic rings. The van der Waals surface area contributed by atoms with Crippen molar-refractivity contribution in [2.45, 2.75) is 26.0 Å². The average molecular weight is 511 g/mol. The van der Waals surface area contributed by atoms with Gasteiger partial charge in [-0.2, -0.15) is 5.26 Å². The van der Waals surface area contributed by atoms with Crippen molar-refractivity contribution in [3.8, 4) is 40.0 Å². The van der Waals surface area contributed by atoms with Gasteiger partial charge in [-0.25, -0.2) is 0 Å². The average Bonchev–Trinajstić information content (AvgIpc) is 3.33. The highest BCUT2D eigenvalue weighted by molar-refractivity contribution is 5.96. The Morgan fingerprint density at radius 1 is 1.11 bits per heavy atom. The molecule has 0 N–H and O–H groups in total. The van der Waals surface area contributed by atoms with Crippen LogP contribution in [-0.2, 0) is 0 Å². The van der Waals surface area contributed by atoms with Crippen LogP contribution in [0.15, 0.2) is 59.1 Å². The van der Waals surface area contributed by atoms with Gasteiger partial charge in [0.2, 0.25) is 0 Å². The number of rotatable bonds is 7. The van der Waals surface area contributed by atoms with E-state index in [1.165, 1.54) is 4.90 Å². The largest absolute Gasteiger partial charge is 0.496 e. The summed E-state index contributed by atoms with van der Waals surface area (Å²) in [6.07, 6.45) is 1.81. The first-order valence-electron chi connectivity index (χ1n) is 12.5. The third-order valence-corrected chi connectivity index (χ3v) is 6.84. The number of furan rings is 1. The molecule has 0 saturated carbocycles. The molecule has 8 heteroatoms. The summed E-state index contributed by atoms with van der Waals surface area (Å²) in [5.74, 6) is 1.57. The smallest absolute Gasteiger partial charge is 0.253 e. The second-order valence-corrected chi connectivity index (χ2v) is 9.91.